The Hall–Kier alpha value is -1.60. The fourth-order valence-corrected chi connectivity index (χ4v) is 3.35. The molecule has 1 aliphatic carbocycles. The summed E-state index contributed by atoms with van der Waals surface area (Å²) in [7, 11) is 0. The zero-order chi connectivity index (χ0) is 16.3. The van der Waals surface area contributed by atoms with Crippen LogP contribution in [0.5, 0.6) is 0 Å². The second kappa shape index (κ2) is 4.70. The van der Waals surface area contributed by atoms with E-state index >= 15 is 0 Å². The molecule has 1 heteroatoms. The molecule has 1 atom stereocenters. The first-order valence-corrected chi connectivity index (χ1v) is 8.14. The third-order valence-corrected chi connectivity index (χ3v) is 4.93. The lowest BCUT2D eigenvalue weighted by atomic mass is 9.83. The molecule has 3 rings (SSSR count). The topological polar surface area (TPSA) is 20.2 Å². The smallest absolute Gasteiger partial charge is 0.113 e. The van der Waals surface area contributed by atoms with Crippen molar-refractivity contribution in [3.8, 4) is 11.1 Å². The molecule has 0 saturated carbocycles. The first-order chi connectivity index (χ1) is 10.1. The van der Waals surface area contributed by atoms with E-state index in [0.717, 1.165) is 11.1 Å². The van der Waals surface area contributed by atoms with Crippen LogP contribution in [-0.4, -0.2) is 5.11 Å². The van der Waals surface area contributed by atoms with Crippen molar-refractivity contribution < 1.29 is 5.11 Å². The molecule has 0 fully saturated rings. The monoisotopic (exact) mass is 294 g/mol. The number of hydrogen-bond donors (Lipinski definition) is 1. The molecule has 22 heavy (non-hydrogen) atoms. The van der Waals surface area contributed by atoms with Gasteiger partial charge in [0.1, 0.15) is 5.60 Å². The van der Waals surface area contributed by atoms with Crippen LogP contribution in [0.25, 0.3) is 11.1 Å². The predicted molar refractivity (Wildman–Crippen MR) is 93.3 cm³/mol. The molecule has 116 valence electrons. The summed E-state index contributed by atoms with van der Waals surface area (Å²) < 4.78 is 0. The summed E-state index contributed by atoms with van der Waals surface area (Å²) in [6.45, 7) is 12.9. The third-order valence-electron chi connectivity index (χ3n) is 4.93. The summed E-state index contributed by atoms with van der Waals surface area (Å²) in [5.74, 6) is 0.468. The Balaban J connectivity index is 2.22. The minimum absolute atomic E-state index is 0.0863. The molecular formula is C21H26O. The maximum Gasteiger partial charge on any atom is 0.113 e. The van der Waals surface area contributed by atoms with Crippen LogP contribution in [0.3, 0.4) is 0 Å². The quantitative estimate of drug-likeness (QED) is 0.752. The van der Waals surface area contributed by atoms with Crippen molar-refractivity contribution in [2.75, 3.05) is 0 Å². The van der Waals surface area contributed by atoms with Gasteiger partial charge in [-0.15, -0.1) is 0 Å². The summed E-state index contributed by atoms with van der Waals surface area (Å²) >= 11 is 0. The number of fused-ring (bicyclic) bond motifs is 3. The van der Waals surface area contributed by atoms with Crippen LogP contribution in [0.4, 0.5) is 0 Å². The lowest BCUT2D eigenvalue weighted by Gasteiger charge is -2.24. The van der Waals surface area contributed by atoms with E-state index in [0.29, 0.717) is 5.92 Å². The summed E-state index contributed by atoms with van der Waals surface area (Å²) in [4.78, 5) is 0. The first-order valence-electron chi connectivity index (χ1n) is 8.14. The Morgan fingerprint density at radius 1 is 0.909 bits per heavy atom. The summed E-state index contributed by atoms with van der Waals surface area (Å²) in [6, 6.07) is 13.1. The van der Waals surface area contributed by atoms with Gasteiger partial charge in [-0.25, -0.2) is 0 Å². The Kier molecular flexibility index (Phi) is 3.27. The maximum atomic E-state index is 11.2. The molecule has 0 amide bonds. The lowest BCUT2D eigenvalue weighted by Crippen LogP contribution is -2.21. The maximum absolute atomic E-state index is 11.2. The van der Waals surface area contributed by atoms with Crippen LogP contribution >= 0.6 is 0 Å². The van der Waals surface area contributed by atoms with Gasteiger partial charge in [-0.2, -0.15) is 0 Å². The largest absolute Gasteiger partial charge is 0.381 e. The minimum atomic E-state index is -0.906. The fourth-order valence-electron chi connectivity index (χ4n) is 3.35. The first kappa shape index (κ1) is 15.3. The molecule has 0 aliphatic heterocycles. The zero-order valence-electron chi connectivity index (χ0n) is 14.5. The standard InChI is InChI=1S/C21H26O/c1-13(2)14-7-9-16-17-10-8-15(20(3,4)5)12-19(17)21(6,22)18(16)11-14/h7-13,22H,1-6H3/t21-/m0/s1. The van der Waals surface area contributed by atoms with E-state index in [9.17, 15) is 5.11 Å². The summed E-state index contributed by atoms with van der Waals surface area (Å²) in [6.07, 6.45) is 0. The highest BCUT2D eigenvalue weighted by molar-refractivity contribution is 5.80. The van der Waals surface area contributed by atoms with Gasteiger partial charge >= 0.3 is 0 Å². The van der Waals surface area contributed by atoms with E-state index in [2.05, 4.69) is 71.0 Å². The van der Waals surface area contributed by atoms with Crippen molar-refractivity contribution in [1.29, 1.82) is 0 Å². The van der Waals surface area contributed by atoms with Gasteiger partial charge < -0.3 is 5.11 Å². The molecule has 1 N–H and O–H groups in total. The highest BCUT2D eigenvalue weighted by atomic mass is 16.3. The molecule has 0 saturated heterocycles. The van der Waals surface area contributed by atoms with Crippen molar-refractivity contribution in [3.05, 3.63) is 58.7 Å². The van der Waals surface area contributed by atoms with Crippen molar-refractivity contribution in [2.45, 2.75) is 58.5 Å². The highest BCUT2D eigenvalue weighted by Crippen LogP contribution is 2.48. The number of benzene rings is 2. The van der Waals surface area contributed by atoms with E-state index in [1.54, 1.807) is 0 Å². The van der Waals surface area contributed by atoms with Gasteiger partial charge in [0.25, 0.3) is 0 Å². The van der Waals surface area contributed by atoms with Crippen molar-refractivity contribution in [3.63, 3.8) is 0 Å². The van der Waals surface area contributed by atoms with Gasteiger partial charge in [-0.1, -0.05) is 71.0 Å². The Morgan fingerprint density at radius 3 is 2.00 bits per heavy atom. The van der Waals surface area contributed by atoms with E-state index in [1.165, 1.54) is 22.3 Å². The fraction of sp³-hybridized carbons (Fsp3) is 0.429. The van der Waals surface area contributed by atoms with Crippen molar-refractivity contribution in [1.82, 2.24) is 0 Å². The molecule has 0 radical (unpaired) electrons. The van der Waals surface area contributed by atoms with Gasteiger partial charge in [0.05, 0.1) is 0 Å². The highest BCUT2D eigenvalue weighted by Gasteiger charge is 2.38. The third kappa shape index (κ3) is 2.19. The van der Waals surface area contributed by atoms with E-state index in [-0.39, 0.29) is 5.41 Å². The Labute approximate surface area is 134 Å². The molecule has 1 nitrogen and oxygen atoms in total. The number of aliphatic hydroxyl groups is 1. The summed E-state index contributed by atoms with van der Waals surface area (Å²) in [5.41, 5.74) is 6.15. The molecule has 0 spiro atoms. The molecule has 2 aromatic rings. The molecule has 0 heterocycles. The second-order valence-electron chi connectivity index (χ2n) is 8.04. The molecular weight excluding hydrogens is 268 g/mol. The molecule has 2 aromatic carbocycles. The van der Waals surface area contributed by atoms with Crippen molar-refractivity contribution in [2.24, 2.45) is 0 Å². The average Bonchev–Trinajstić information content (AvgIpc) is 2.66. The van der Waals surface area contributed by atoms with Crippen LogP contribution in [0.2, 0.25) is 0 Å². The minimum Gasteiger partial charge on any atom is -0.381 e. The van der Waals surface area contributed by atoms with Crippen LogP contribution in [0.15, 0.2) is 36.4 Å². The van der Waals surface area contributed by atoms with Crippen LogP contribution in [0, 0.1) is 0 Å². The Morgan fingerprint density at radius 2 is 1.45 bits per heavy atom. The molecule has 0 bridgehead atoms. The number of hydrogen-bond acceptors (Lipinski definition) is 1. The lowest BCUT2D eigenvalue weighted by molar-refractivity contribution is 0.107. The predicted octanol–water partition coefficient (Wildman–Crippen LogP) is 5.34. The van der Waals surface area contributed by atoms with Gasteiger partial charge in [-0.3, -0.25) is 0 Å². The Bertz CT molecular complexity index is 730. The SMILES string of the molecule is CC(C)c1ccc2c(c1)[C@](C)(O)c1cc(C(C)(C)C)ccc1-2. The second-order valence-corrected chi connectivity index (χ2v) is 8.04. The summed E-state index contributed by atoms with van der Waals surface area (Å²) in [5, 5.41) is 11.2. The molecule has 0 unspecified atom stereocenters. The average molecular weight is 294 g/mol. The van der Waals surface area contributed by atoms with Crippen LogP contribution < -0.4 is 0 Å². The van der Waals surface area contributed by atoms with Gasteiger partial charge in [0, 0.05) is 0 Å². The van der Waals surface area contributed by atoms with E-state index in [1.807, 2.05) is 6.92 Å². The number of rotatable bonds is 1. The van der Waals surface area contributed by atoms with Crippen molar-refractivity contribution >= 4 is 0 Å². The van der Waals surface area contributed by atoms with Gasteiger partial charge in [0.2, 0.25) is 0 Å². The normalized spacial score (nSPS) is 20.2. The van der Waals surface area contributed by atoms with Crippen LogP contribution in [-0.2, 0) is 11.0 Å². The van der Waals surface area contributed by atoms with E-state index < -0.39 is 5.60 Å². The van der Waals surface area contributed by atoms with Gasteiger partial charge in [-0.05, 0) is 51.6 Å². The van der Waals surface area contributed by atoms with E-state index in [4.69, 9.17) is 0 Å². The molecule has 1 aliphatic rings. The zero-order valence-corrected chi connectivity index (χ0v) is 14.5. The molecule has 0 aromatic heterocycles. The van der Waals surface area contributed by atoms with Gasteiger partial charge in [0.15, 0.2) is 0 Å². The van der Waals surface area contributed by atoms with Crippen LogP contribution in [0.1, 0.15) is 69.7 Å².